The quantitative estimate of drug-likeness (QED) is 0.783. The molecule has 1 aromatic carbocycles. The molecule has 0 saturated carbocycles. The zero-order valence-corrected chi connectivity index (χ0v) is 10.4. The average Bonchev–Trinajstić information content (AvgIpc) is 2.72. The lowest BCUT2D eigenvalue weighted by atomic mass is 10.1. The van der Waals surface area contributed by atoms with Crippen molar-refractivity contribution in [3.8, 4) is 0 Å². The molecule has 0 aliphatic heterocycles. The fourth-order valence-corrected chi connectivity index (χ4v) is 1.76. The molecule has 0 bridgehead atoms. The number of aromatic nitrogens is 2. The van der Waals surface area contributed by atoms with Gasteiger partial charge >= 0.3 is 0 Å². The number of hydrogen-bond donors (Lipinski definition) is 3. The number of H-pyrrole nitrogens is 1. The molecular formula is C12H13ClN4O. The highest BCUT2D eigenvalue weighted by atomic mass is 35.5. The van der Waals surface area contributed by atoms with Crippen molar-refractivity contribution in [3.05, 3.63) is 46.6 Å². The summed E-state index contributed by atoms with van der Waals surface area (Å²) in [5.41, 5.74) is 7.26. The molecule has 0 fully saturated rings. The van der Waals surface area contributed by atoms with E-state index in [1.165, 1.54) is 0 Å². The molecule has 2 rings (SSSR count). The first-order chi connectivity index (χ1) is 8.65. The molecule has 0 unspecified atom stereocenters. The van der Waals surface area contributed by atoms with Crippen LogP contribution in [0.4, 0.5) is 5.82 Å². The molecule has 4 N–H and O–H groups in total. The van der Waals surface area contributed by atoms with Crippen molar-refractivity contribution in [2.24, 2.45) is 0 Å². The third kappa shape index (κ3) is 3.24. The first-order valence-corrected chi connectivity index (χ1v) is 5.82. The number of nitrogen functional groups attached to an aromatic ring is 1. The summed E-state index contributed by atoms with van der Waals surface area (Å²) in [6.07, 6.45) is 1.88. The second kappa shape index (κ2) is 5.55. The molecule has 1 amide bonds. The van der Waals surface area contributed by atoms with Crippen molar-refractivity contribution in [3.63, 3.8) is 0 Å². The summed E-state index contributed by atoms with van der Waals surface area (Å²) in [7, 11) is 0. The van der Waals surface area contributed by atoms with Crippen molar-refractivity contribution in [1.29, 1.82) is 0 Å². The number of nitrogens with one attached hydrogen (secondary N) is 2. The third-order valence-corrected chi connectivity index (χ3v) is 2.72. The van der Waals surface area contributed by atoms with Gasteiger partial charge in [0.25, 0.3) is 0 Å². The first-order valence-electron chi connectivity index (χ1n) is 5.44. The minimum Gasteiger partial charge on any atom is -0.384 e. The van der Waals surface area contributed by atoms with Crippen LogP contribution in [0.3, 0.4) is 0 Å². The van der Waals surface area contributed by atoms with Gasteiger partial charge in [0.15, 0.2) is 0 Å². The fraction of sp³-hybridized carbons (Fsp3) is 0.167. The number of halogens is 1. The minimum atomic E-state index is -0.0853. The molecular weight excluding hydrogens is 252 g/mol. The Balaban J connectivity index is 1.88. The van der Waals surface area contributed by atoms with E-state index in [4.69, 9.17) is 17.3 Å². The van der Waals surface area contributed by atoms with Gasteiger partial charge in [0, 0.05) is 17.1 Å². The van der Waals surface area contributed by atoms with Crippen LogP contribution in [-0.2, 0) is 17.8 Å². The van der Waals surface area contributed by atoms with Crippen LogP contribution in [-0.4, -0.2) is 16.1 Å². The van der Waals surface area contributed by atoms with Crippen LogP contribution in [0, 0.1) is 0 Å². The highest BCUT2D eigenvalue weighted by molar-refractivity contribution is 6.30. The molecule has 0 aliphatic carbocycles. The number of aromatic amines is 1. The number of nitrogens with two attached hydrogens (primary N) is 1. The monoisotopic (exact) mass is 264 g/mol. The van der Waals surface area contributed by atoms with Gasteiger partial charge in [-0.15, -0.1) is 0 Å². The Morgan fingerprint density at radius 3 is 3.00 bits per heavy atom. The zero-order valence-electron chi connectivity index (χ0n) is 9.61. The molecule has 5 nitrogen and oxygen atoms in total. The average molecular weight is 265 g/mol. The molecule has 18 heavy (non-hydrogen) atoms. The molecule has 0 spiro atoms. The summed E-state index contributed by atoms with van der Waals surface area (Å²) in [6, 6.07) is 7.22. The maximum absolute atomic E-state index is 11.7. The van der Waals surface area contributed by atoms with Gasteiger partial charge in [0.2, 0.25) is 5.91 Å². The predicted molar refractivity (Wildman–Crippen MR) is 70.0 cm³/mol. The largest absolute Gasteiger partial charge is 0.384 e. The van der Waals surface area contributed by atoms with Gasteiger partial charge in [0.1, 0.15) is 5.82 Å². The van der Waals surface area contributed by atoms with Gasteiger partial charge < -0.3 is 11.1 Å². The van der Waals surface area contributed by atoms with Crippen LogP contribution < -0.4 is 11.1 Å². The number of anilines is 1. The SMILES string of the molecule is Nc1[nH]ncc1CNC(=O)Cc1cccc(Cl)c1. The van der Waals surface area contributed by atoms with E-state index in [9.17, 15) is 4.79 Å². The summed E-state index contributed by atoms with van der Waals surface area (Å²) >= 11 is 5.85. The summed E-state index contributed by atoms with van der Waals surface area (Å²) in [5.74, 6) is 0.385. The first kappa shape index (κ1) is 12.4. The van der Waals surface area contributed by atoms with E-state index >= 15 is 0 Å². The van der Waals surface area contributed by atoms with Crippen LogP contribution in [0.25, 0.3) is 0 Å². The lowest BCUT2D eigenvalue weighted by molar-refractivity contribution is -0.120. The Bertz CT molecular complexity index is 553. The van der Waals surface area contributed by atoms with E-state index in [-0.39, 0.29) is 12.3 Å². The smallest absolute Gasteiger partial charge is 0.224 e. The van der Waals surface area contributed by atoms with Gasteiger partial charge in [-0.2, -0.15) is 5.10 Å². The van der Waals surface area contributed by atoms with Crippen molar-refractivity contribution >= 4 is 23.3 Å². The Labute approximate surface area is 109 Å². The van der Waals surface area contributed by atoms with Crippen molar-refractivity contribution < 1.29 is 4.79 Å². The topological polar surface area (TPSA) is 83.8 Å². The number of hydrogen-bond acceptors (Lipinski definition) is 3. The maximum Gasteiger partial charge on any atom is 0.224 e. The second-order valence-corrected chi connectivity index (χ2v) is 4.33. The normalized spacial score (nSPS) is 10.3. The molecule has 0 atom stereocenters. The molecule has 0 radical (unpaired) electrons. The van der Waals surface area contributed by atoms with Gasteiger partial charge in [-0.25, -0.2) is 0 Å². The van der Waals surface area contributed by atoms with E-state index in [0.717, 1.165) is 11.1 Å². The van der Waals surface area contributed by atoms with Gasteiger partial charge in [-0.3, -0.25) is 9.89 Å². The molecule has 0 aliphatic rings. The molecule has 0 saturated heterocycles. The molecule has 2 aromatic rings. The highest BCUT2D eigenvalue weighted by Crippen LogP contribution is 2.11. The molecule has 94 valence electrons. The number of benzene rings is 1. The van der Waals surface area contributed by atoms with Crippen molar-refractivity contribution in [2.45, 2.75) is 13.0 Å². The van der Waals surface area contributed by atoms with Gasteiger partial charge in [-0.1, -0.05) is 23.7 Å². The summed E-state index contributed by atoms with van der Waals surface area (Å²) in [4.78, 5) is 11.7. The number of amides is 1. The maximum atomic E-state index is 11.7. The summed E-state index contributed by atoms with van der Waals surface area (Å²) in [5, 5.41) is 9.78. The summed E-state index contributed by atoms with van der Waals surface area (Å²) < 4.78 is 0. The minimum absolute atomic E-state index is 0.0853. The standard InChI is InChI=1S/C12H13ClN4O/c13-10-3-1-2-8(4-10)5-11(18)15-6-9-7-16-17-12(9)14/h1-4,7H,5-6H2,(H,15,18)(H3,14,16,17). The van der Waals surface area contributed by atoms with Crippen LogP contribution >= 0.6 is 11.6 Å². The molecule has 1 aromatic heterocycles. The number of carbonyl (C=O) groups is 1. The predicted octanol–water partition coefficient (Wildman–Crippen LogP) is 1.50. The van der Waals surface area contributed by atoms with Crippen LogP contribution in [0.1, 0.15) is 11.1 Å². The van der Waals surface area contributed by atoms with E-state index < -0.39 is 0 Å². The lowest BCUT2D eigenvalue weighted by Crippen LogP contribution is -2.24. The summed E-state index contributed by atoms with van der Waals surface area (Å²) in [6.45, 7) is 0.363. The third-order valence-electron chi connectivity index (χ3n) is 2.48. The molecule has 1 heterocycles. The number of carbonyl (C=O) groups excluding carboxylic acids is 1. The van der Waals surface area contributed by atoms with E-state index in [0.29, 0.717) is 17.4 Å². The Kier molecular flexibility index (Phi) is 3.84. The van der Waals surface area contributed by atoms with E-state index in [1.807, 2.05) is 12.1 Å². The molecule has 6 heteroatoms. The number of nitrogens with zero attached hydrogens (tertiary/aromatic N) is 1. The highest BCUT2D eigenvalue weighted by Gasteiger charge is 2.06. The Morgan fingerprint density at radius 1 is 1.50 bits per heavy atom. The van der Waals surface area contributed by atoms with Crippen molar-refractivity contribution in [2.75, 3.05) is 5.73 Å². The number of rotatable bonds is 4. The Hall–Kier alpha value is -2.01. The van der Waals surface area contributed by atoms with Crippen LogP contribution in [0.15, 0.2) is 30.5 Å². The van der Waals surface area contributed by atoms with Crippen molar-refractivity contribution in [1.82, 2.24) is 15.5 Å². The van der Waals surface area contributed by atoms with E-state index in [1.54, 1.807) is 18.3 Å². The zero-order chi connectivity index (χ0) is 13.0. The van der Waals surface area contributed by atoms with Gasteiger partial charge in [-0.05, 0) is 17.7 Å². The van der Waals surface area contributed by atoms with E-state index in [2.05, 4.69) is 15.5 Å². The second-order valence-electron chi connectivity index (χ2n) is 3.89. The Morgan fingerprint density at radius 2 is 2.33 bits per heavy atom. The van der Waals surface area contributed by atoms with Gasteiger partial charge in [0.05, 0.1) is 12.6 Å². The van der Waals surface area contributed by atoms with Crippen LogP contribution in [0.2, 0.25) is 5.02 Å². The lowest BCUT2D eigenvalue weighted by Gasteiger charge is -2.04. The fourth-order valence-electron chi connectivity index (χ4n) is 1.55. The van der Waals surface area contributed by atoms with Crippen LogP contribution in [0.5, 0.6) is 0 Å².